The fourth-order valence-electron chi connectivity index (χ4n) is 0.214. The fraction of sp³-hybridized carbons (Fsp3) is 0.750. The second kappa shape index (κ2) is 17.6. The van der Waals surface area contributed by atoms with Crippen molar-refractivity contribution in [1.29, 1.82) is 0 Å². The summed E-state index contributed by atoms with van der Waals surface area (Å²) in [6.45, 7) is 1.84. The van der Waals surface area contributed by atoms with E-state index in [0.717, 1.165) is 6.42 Å². The Morgan fingerprint density at radius 1 is 1.44 bits per heavy atom. The first-order valence-corrected chi connectivity index (χ1v) is 1.99. The van der Waals surface area contributed by atoms with E-state index in [9.17, 15) is 4.79 Å². The van der Waals surface area contributed by atoms with Crippen molar-refractivity contribution < 1.29 is 9.90 Å². The van der Waals surface area contributed by atoms with Crippen LogP contribution in [-0.4, -0.2) is 135 Å². The van der Waals surface area contributed by atoms with Gasteiger partial charge in [0.1, 0.15) is 0 Å². The van der Waals surface area contributed by atoms with Crippen molar-refractivity contribution in [1.82, 2.24) is 0 Å². The summed E-state index contributed by atoms with van der Waals surface area (Å²) in [6.07, 6.45) is 1.02. The zero-order valence-electron chi connectivity index (χ0n) is 3.77. The van der Waals surface area contributed by atoms with Gasteiger partial charge >= 0.3 is 130 Å². The van der Waals surface area contributed by atoms with Crippen LogP contribution >= 0.6 is 0 Å². The molecule has 0 aromatic rings. The normalized spacial score (nSPS) is 5.44. The summed E-state index contributed by atoms with van der Waals surface area (Å²) in [5, 5.41) is 7.91. The zero-order valence-corrected chi connectivity index (χ0v) is 3.77. The molecule has 1 N–H and O–H groups in total. The van der Waals surface area contributed by atoms with Crippen LogP contribution in [0.2, 0.25) is 0 Å². The van der Waals surface area contributed by atoms with Gasteiger partial charge in [-0.2, -0.15) is 0 Å². The van der Waals surface area contributed by atoms with E-state index >= 15 is 0 Å². The molecule has 0 unspecified atom stereocenters. The van der Waals surface area contributed by atoms with Gasteiger partial charge in [0.15, 0.2) is 0 Å². The summed E-state index contributed by atoms with van der Waals surface area (Å²) < 4.78 is 0. The molecule has 0 atom stereocenters. The molecule has 48 valence electrons. The van der Waals surface area contributed by atoms with Crippen LogP contribution in [0.3, 0.4) is 0 Å². The predicted molar refractivity (Wildman–Crippen MR) is 48.2 cm³/mol. The first kappa shape index (κ1) is 22.9. The Labute approximate surface area is 156 Å². The Morgan fingerprint density at radius 2 is 1.78 bits per heavy atom. The van der Waals surface area contributed by atoms with E-state index in [1.165, 1.54) is 0 Å². The van der Waals surface area contributed by atoms with E-state index in [1.54, 1.807) is 0 Å². The van der Waals surface area contributed by atoms with Gasteiger partial charge in [0.2, 0.25) is 0 Å². The van der Waals surface area contributed by atoms with Crippen LogP contribution in [-0.2, 0) is 4.79 Å². The molecule has 0 bridgehead atoms. The Kier molecular flexibility index (Phi) is 44.8. The third-order valence-corrected chi connectivity index (χ3v) is 0.464. The van der Waals surface area contributed by atoms with E-state index < -0.39 is 5.97 Å². The van der Waals surface area contributed by atoms with E-state index in [1.807, 2.05) is 6.92 Å². The minimum atomic E-state index is -0.711. The molecule has 0 aromatic heterocycles. The molecule has 0 spiro atoms. The summed E-state index contributed by atoms with van der Waals surface area (Å²) in [7, 11) is 0. The Balaban J connectivity index is -0.0000000417. The van der Waals surface area contributed by atoms with Crippen LogP contribution in [0.1, 0.15) is 19.8 Å². The summed E-state index contributed by atoms with van der Waals surface area (Å²) in [5.41, 5.74) is 0. The van der Waals surface area contributed by atoms with Gasteiger partial charge in [0.25, 0.3) is 0 Å². The monoisotopic (exact) mass is 312 g/mol. The zero-order chi connectivity index (χ0) is 4.99. The van der Waals surface area contributed by atoms with Gasteiger partial charge in [-0.3, -0.25) is 4.79 Å². The molecule has 0 fully saturated rings. The Morgan fingerprint density at radius 3 is 1.78 bits per heavy atom. The van der Waals surface area contributed by atoms with Gasteiger partial charge < -0.3 is 5.11 Å². The third kappa shape index (κ3) is 24.6. The molecule has 0 radical (unpaired) electrons. The van der Waals surface area contributed by atoms with Crippen LogP contribution in [0.25, 0.3) is 0 Å². The molecule has 0 aromatic carbocycles. The van der Waals surface area contributed by atoms with E-state index in [2.05, 4.69) is 0 Å². The third-order valence-electron chi connectivity index (χ3n) is 0.464. The van der Waals surface area contributed by atoms with Gasteiger partial charge in [-0.1, -0.05) is 6.92 Å². The summed E-state index contributed by atoms with van der Waals surface area (Å²) in [4.78, 5) is 9.60. The van der Waals surface area contributed by atoms with E-state index in [0.29, 0.717) is 6.42 Å². The number of aliphatic carboxylic acids is 1. The van der Waals surface area contributed by atoms with Crippen LogP contribution < -0.4 is 0 Å². The number of carboxylic acids is 1. The molecule has 0 heterocycles. The average Bonchev–Trinajstić information content (AvgIpc) is 1.35. The van der Waals surface area contributed by atoms with Crippen LogP contribution in [0.15, 0.2) is 0 Å². The molecule has 2 nitrogen and oxygen atoms in total. The number of rotatable bonds is 2. The van der Waals surface area contributed by atoms with Crippen molar-refractivity contribution in [2.24, 2.45) is 0 Å². The molecule has 5 heteroatoms. The van der Waals surface area contributed by atoms with Crippen molar-refractivity contribution in [2.45, 2.75) is 19.8 Å². The van der Waals surface area contributed by atoms with Gasteiger partial charge in [0.05, 0.1) is 0 Å². The Bertz CT molecular complexity index is 60.5. The second-order valence-corrected chi connectivity index (χ2v) is 1.14. The molecule has 0 amide bonds. The van der Waals surface area contributed by atoms with Crippen molar-refractivity contribution in [2.75, 3.05) is 0 Å². The van der Waals surface area contributed by atoms with Crippen LogP contribution in [0.5, 0.6) is 0 Å². The molecule has 0 aliphatic heterocycles. The van der Waals surface area contributed by atoms with E-state index in [-0.39, 0.29) is 124 Å². The maximum atomic E-state index is 9.60. The number of hydrogen-bond donors (Lipinski definition) is 1. The average molecular weight is 312 g/mol. The topological polar surface area (TPSA) is 37.3 Å². The van der Waals surface area contributed by atoms with Crippen molar-refractivity contribution >= 4 is 130 Å². The molecule has 0 saturated carbocycles. The summed E-state index contributed by atoms with van der Waals surface area (Å²) in [6, 6.07) is 0. The fourth-order valence-corrected chi connectivity index (χ4v) is 0.214. The van der Waals surface area contributed by atoms with Gasteiger partial charge in [-0.05, 0) is 6.42 Å². The van der Waals surface area contributed by atoms with Gasteiger partial charge in [0, 0.05) is 6.42 Å². The standard InChI is InChI=1S/C4H8O2.Ba.2Ca.6H/c1-2-3-4(5)6;;;;;;;;;/h2-3H2,1H3,(H,5,6);;;;;;;;;. The van der Waals surface area contributed by atoms with Crippen LogP contribution in [0.4, 0.5) is 0 Å². The molecule has 0 aliphatic carbocycles. The first-order valence-electron chi connectivity index (χ1n) is 1.99. The van der Waals surface area contributed by atoms with Gasteiger partial charge in [-0.15, -0.1) is 0 Å². The first-order chi connectivity index (χ1) is 2.77. The number of carbonyl (C=O) groups is 1. The van der Waals surface area contributed by atoms with Gasteiger partial charge in [-0.25, -0.2) is 0 Å². The van der Waals surface area contributed by atoms with Crippen molar-refractivity contribution in [3.05, 3.63) is 0 Å². The predicted octanol–water partition coefficient (Wildman–Crippen LogP) is -1.88. The maximum absolute atomic E-state index is 9.60. The molecular formula is C4H14BaCa2O2. The van der Waals surface area contributed by atoms with Crippen LogP contribution in [0, 0.1) is 0 Å². The van der Waals surface area contributed by atoms with Crippen molar-refractivity contribution in [3.63, 3.8) is 0 Å². The number of hydrogen-bond acceptors (Lipinski definition) is 1. The second-order valence-electron chi connectivity index (χ2n) is 1.14. The Hall–Kier alpha value is 3.56. The van der Waals surface area contributed by atoms with Crippen molar-refractivity contribution in [3.8, 4) is 0 Å². The molecule has 0 saturated heterocycles. The van der Waals surface area contributed by atoms with E-state index in [4.69, 9.17) is 5.11 Å². The molecular weight excluding hydrogens is 298 g/mol. The molecule has 9 heavy (non-hydrogen) atoms. The summed E-state index contributed by atoms with van der Waals surface area (Å²) >= 11 is 0. The quantitative estimate of drug-likeness (QED) is 0.606. The SMILES string of the molecule is CCCC(=O)O.[BaH2].[CaH2].[CaH2]. The minimum absolute atomic E-state index is 0. The molecule has 0 rings (SSSR count). The number of carboxylic acid groups (broad SMARTS) is 1. The molecule has 0 aliphatic rings. The summed E-state index contributed by atoms with van der Waals surface area (Å²) in [5.74, 6) is -0.711.